The maximum Gasteiger partial charge on any atom is 0.323 e. The van der Waals surface area contributed by atoms with Crippen LogP contribution in [0.3, 0.4) is 0 Å². The quantitative estimate of drug-likeness (QED) is 0.0748. The van der Waals surface area contributed by atoms with Crippen LogP contribution in [0.25, 0.3) is 0 Å². The van der Waals surface area contributed by atoms with Gasteiger partial charge in [0.15, 0.2) is 0 Å². The lowest BCUT2D eigenvalue weighted by atomic mass is 9.69. The Kier molecular flexibility index (Phi) is 10.5. The fourth-order valence-electron chi connectivity index (χ4n) is 4.73. The monoisotopic (exact) mass is 439 g/mol. The highest BCUT2D eigenvalue weighted by atomic mass is 16.5. The number of amidine groups is 1. The molecule has 1 amide bonds. The highest BCUT2D eigenvalue weighted by Gasteiger charge is 2.38. The number of ether oxygens (including phenoxy) is 1. The molecule has 5 unspecified atom stereocenters. The Bertz CT molecular complexity index is 616. The minimum absolute atomic E-state index is 0.0352. The molecule has 1 saturated carbocycles. The lowest BCUT2D eigenvalue weighted by molar-refractivity contribution is -0.148. The van der Waals surface area contributed by atoms with Gasteiger partial charge in [-0.2, -0.15) is 5.10 Å². The van der Waals surface area contributed by atoms with Crippen molar-refractivity contribution in [2.45, 2.75) is 64.0 Å². The van der Waals surface area contributed by atoms with Gasteiger partial charge in [0.25, 0.3) is 0 Å². The Morgan fingerprint density at radius 3 is 2.77 bits per heavy atom. The van der Waals surface area contributed by atoms with E-state index < -0.39 is 0 Å². The Hall–Kier alpha value is -1.91. The van der Waals surface area contributed by atoms with Crippen molar-refractivity contribution in [3.05, 3.63) is 0 Å². The van der Waals surface area contributed by atoms with Gasteiger partial charge < -0.3 is 26.0 Å². The number of amides is 1. The average molecular weight is 440 g/mol. The fraction of sp³-hybridized carbons (Fsp3) is 0.857. The number of nitrogens with zero attached hydrogens (tertiary/aromatic N) is 2. The van der Waals surface area contributed by atoms with E-state index >= 15 is 0 Å². The Labute approximate surface area is 185 Å². The van der Waals surface area contributed by atoms with Gasteiger partial charge in [-0.15, -0.1) is 0 Å². The summed E-state index contributed by atoms with van der Waals surface area (Å²) in [5, 5.41) is 10.1. The number of fused-ring (bicyclic) bond motifs is 1. The van der Waals surface area contributed by atoms with Crippen LogP contribution in [0.2, 0.25) is 0 Å². The number of hydrazine groups is 1. The SMILES string of the molecule is CNC(C)C(=O)N(C)CCCOC(=O)C1CC2CC(CC/C(N)=N/NN)CCC2CN1. The van der Waals surface area contributed by atoms with Crippen molar-refractivity contribution in [1.29, 1.82) is 0 Å². The highest BCUT2D eigenvalue weighted by Crippen LogP contribution is 2.40. The number of nitrogens with one attached hydrogen (secondary N) is 3. The van der Waals surface area contributed by atoms with Crippen molar-refractivity contribution in [2.75, 3.05) is 33.8 Å². The van der Waals surface area contributed by atoms with Crippen LogP contribution in [0.1, 0.15) is 51.9 Å². The Balaban J connectivity index is 1.70. The summed E-state index contributed by atoms with van der Waals surface area (Å²) in [6.45, 7) is 3.59. The number of piperidine rings is 1. The normalized spacial score (nSPS) is 27.2. The molecule has 0 aromatic rings. The third-order valence-electron chi connectivity index (χ3n) is 6.78. The maximum atomic E-state index is 12.5. The zero-order valence-corrected chi connectivity index (χ0v) is 19.2. The van der Waals surface area contributed by atoms with Crippen molar-refractivity contribution in [3.8, 4) is 0 Å². The molecular weight excluding hydrogens is 398 g/mol. The van der Waals surface area contributed by atoms with Gasteiger partial charge in [-0.05, 0) is 70.4 Å². The van der Waals surface area contributed by atoms with E-state index in [1.165, 1.54) is 12.8 Å². The van der Waals surface area contributed by atoms with Gasteiger partial charge in [0.2, 0.25) is 5.91 Å². The molecule has 0 radical (unpaired) electrons. The van der Waals surface area contributed by atoms with Crippen LogP contribution in [0.15, 0.2) is 5.10 Å². The largest absolute Gasteiger partial charge is 0.464 e. The zero-order chi connectivity index (χ0) is 22.8. The van der Waals surface area contributed by atoms with E-state index in [9.17, 15) is 9.59 Å². The van der Waals surface area contributed by atoms with Crippen LogP contribution in [0.5, 0.6) is 0 Å². The summed E-state index contributed by atoms with van der Waals surface area (Å²) in [6.07, 6.45) is 6.69. The Morgan fingerprint density at radius 2 is 2.06 bits per heavy atom. The minimum atomic E-state index is -0.239. The summed E-state index contributed by atoms with van der Waals surface area (Å²) >= 11 is 0. The van der Waals surface area contributed by atoms with E-state index in [1.54, 1.807) is 19.0 Å². The molecule has 10 heteroatoms. The molecule has 0 aromatic heterocycles. The predicted molar refractivity (Wildman–Crippen MR) is 121 cm³/mol. The summed E-state index contributed by atoms with van der Waals surface area (Å²) in [4.78, 5) is 26.3. The van der Waals surface area contributed by atoms with Crippen LogP contribution < -0.4 is 27.7 Å². The number of likely N-dealkylation sites (N-methyl/N-ethyl adjacent to an activating group) is 2. The summed E-state index contributed by atoms with van der Waals surface area (Å²) in [6, 6.07) is -0.455. The van der Waals surface area contributed by atoms with Crippen LogP contribution in [0, 0.1) is 17.8 Å². The zero-order valence-electron chi connectivity index (χ0n) is 19.2. The third kappa shape index (κ3) is 7.93. The number of nitrogens with two attached hydrogens (primary N) is 2. The number of hydrogen-bond donors (Lipinski definition) is 5. The molecule has 0 aromatic carbocycles. The molecule has 2 rings (SSSR count). The molecule has 0 spiro atoms. The Morgan fingerprint density at radius 1 is 1.29 bits per heavy atom. The number of rotatable bonds is 11. The predicted octanol–water partition coefficient (Wildman–Crippen LogP) is -0.104. The summed E-state index contributed by atoms with van der Waals surface area (Å²) in [7, 11) is 3.53. The summed E-state index contributed by atoms with van der Waals surface area (Å²) in [5.41, 5.74) is 8.06. The molecule has 5 atom stereocenters. The summed E-state index contributed by atoms with van der Waals surface area (Å²) < 4.78 is 5.50. The van der Waals surface area contributed by atoms with Gasteiger partial charge in [0.1, 0.15) is 11.9 Å². The van der Waals surface area contributed by atoms with Crippen LogP contribution >= 0.6 is 0 Å². The van der Waals surface area contributed by atoms with E-state index in [0.717, 1.165) is 32.2 Å². The van der Waals surface area contributed by atoms with Crippen molar-refractivity contribution >= 4 is 17.7 Å². The lowest BCUT2D eigenvalue weighted by Crippen LogP contribution is -2.50. The van der Waals surface area contributed by atoms with Gasteiger partial charge >= 0.3 is 5.97 Å². The van der Waals surface area contributed by atoms with E-state index in [-0.39, 0.29) is 24.0 Å². The third-order valence-corrected chi connectivity index (χ3v) is 6.78. The fourth-order valence-corrected chi connectivity index (χ4v) is 4.73. The van der Waals surface area contributed by atoms with E-state index in [2.05, 4.69) is 21.3 Å². The van der Waals surface area contributed by atoms with Crippen molar-refractivity contribution in [2.24, 2.45) is 34.4 Å². The number of hydrogen-bond acceptors (Lipinski definition) is 8. The first-order chi connectivity index (χ1) is 14.8. The second kappa shape index (κ2) is 12.8. The molecule has 1 aliphatic heterocycles. The lowest BCUT2D eigenvalue weighted by Gasteiger charge is -2.42. The molecule has 10 nitrogen and oxygen atoms in total. The molecule has 31 heavy (non-hydrogen) atoms. The molecule has 7 N–H and O–H groups in total. The molecule has 1 aliphatic carbocycles. The second-order valence-electron chi connectivity index (χ2n) is 8.96. The van der Waals surface area contributed by atoms with Crippen molar-refractivity contribution in [1.82, 2.24) is 21.1 Å². The molecular formula is C21H41N7O3. The second-order valence-corrected chi connectivity index (χ2v) is 8.96. The average Bonchev–Trinajstić information content (AvgIpc) is 2.78. The smallest absolute Gasteiger partial charge is 0.323 e. The molecule has 1 saturated heterocycles. The number of esters is 1. The molecule has 2 fully saturated rings. The van der Waals surface area contributed by atoms with Gasteiger partial charge in [-0.3, -0.25) is 9.59 Å². The molecule has 178 valence electrons. The molecule has 0 bridgehead atoms. The number of carbonyl (C=O) groups is 2. The van der Waals surface area contributed by atoms with Gasteiger partial charge in [0.05, 0.1) is 12.6 Å². The highest BCUT2D eigenvalue weighted by molar-refractivity contribution is 5.81. The first kappa shape index (κ1) is 25.4. The molecule has 1 heterocycles. The van der Waals surface area contributed by atoms with E-state index in [4.69, 9.17) is 16.3 Å². The standard InChI is InChI=1S/C21H41N7O3/c1-14(24-2)20(29)28(3)9-4-10-31-21(30)18-12-17-11-15(5-7-16(17)13-25-18)6-8-19(22)26-27-23/h14-18,24-25,27H,4-13,23H2,1-3H3,(H2,22,26). The van der Waals surface area contributed by atoms with Gasteiger partial charge in [-0.25, -0.2) is 11.4 Å². The van der Waals surface area contributed by atoms with Gasteiger partial charge in [-0.1, -0.05) is 6.42 Å². The van der Waals surface area contributed by atoms with Crippen molar-refractivity contribution < 1.29 is 14.3 Å². The van der Waals surface area contributed by atoms with E-state index in [0.29, 0.717) is 43.2 Å². The first-order valence-corrected chi connectivity index (χ1v) is 11.5. The minimum Gasteiger partial charge on any atom is -0.464 e. The van der Waals surface area contributed by atoms with Crippen LogP contribution in [-0.4, -0.2) is 68.5 Å². The molecule has 2 aliphatic rings. The van der Waals surface area contributed by atoms with Crippen LogP contribution in [-0.2, 0) is 14.3 Å². The van der Waals surface area contributed by atoms with Crippen LogP contribution in [0.4, 0.5) is 0 Å². The topological polar surface area (TPSA) is 147 Å². The van der Waals surface area contributed by atoms with E-state index in [1.807, 2.05) is 6.92 Å². The maximum absolute atomic E-state index is 12.5. The first-order valence-electron chi connectivity index (χ1n) is 11.5. The van der Waals surface area contributed by atoms with Crippen molar-refractivity contribution in [3.63, 3.8) is 0 Å². The number of carbonyl (C=O) groups excluding carboxylic acids is 2. The number of hydrazone groups is 1. The summed E-state index contributed by atoms with van der Waals surface area (Å²) in [5.74, 6) is 7.33. The van der Waals surface area contributed by atoms with Gasteiger partial charge in [0, 0.05) is 20.0 Å².